The molecular formula is C29H42FN9O2. The lowest BCUT2D eigenvalue weighted by atomic mass is 9.93. The number of halogens is 1. The Morgan fingerprint density at radius 1 is 1.15 bits per heavy atom. The summed E-state index contributed by atoms with van der Waals surface area (Å²) in [5.74, 6) is 0.372. The lowest BCUT2D eigenvalue weighted by Crippen LogP contribution is -2.39. The highest BCUT2D eigenvalue weighted by Gasteiger charge is 2.24. The van der Waals surface area contributed by atoms with Crippen LogP contribution in [0.25, 0.3) is 5.57 Å². The van der Waals surface area contributed by atoms with Crippen LogP contribution in [0.3, 0.4) is 0 Å². The van der Waals surface area contributed by atoms with E-state index in [-0.39, 0.29) is 29.5 Å². The molecule has 222 valence electrons. The van der Waals surface area contributed by atoms with E-state index in [1.54, 1.807) is 42.3 Å². The Morgan fingerprint density at radius 2 is 1.83 bits per heavy atom. The molecule has 0 atom stereocenters. The standard InChI is InChI=1S/C29H42FN9O2/c1-18(2)25(34-6)20-16-19(8-9-22(20)31)26-21(30)17-35-27(37-26)36-23(32)10-11-24(33)38-12-7-13-39(15-14-38)28(40)41-29(3,4)5/h8-11,16-18,31,34H,7,12-15,32-33H2,1-6H3,(H,35,36,37)/b23-10+,24-11+,25-20-,31-22?. The average Bonchev–Trinajstić information content (AvgIpc) is 3.15. The molecule has 41 heavy (non-hydrogen) atoms. The van der Waals surface area contributed by atoms with Crippen molar-refractivity contribution in [3.05, 3.63) is 71.0 Å². The Kier molecular flexibility index (Phi) is 10.1. The number of aromatic nitrogens is 2. The van der Waals surface area contributed by atoms with Crippen molar-refractivity contribution in [2.75, 3.05) is 38.5 Å². The molecule has 0 radical (unpaired) electrons. The molecule has 1 aliphatic heterocycles. The Morgan fingerprint density at radius 3 is 2.49 bits per heavy atom. The number of hydrogen-bond acceptors (Lipinski definition) is 10. The first kappa shape index (κ1) is 31.2. The van der Waals surface area contributed by atoms with Crippen LogP contribution in [-0.4, -0.2) is 70.4 Å². The molecule has 7 N–H and O–H groups in total. The lowest BCUT2D eigenvalue weighted by Gasteiger charge is -2.26. The zero-order valence-corrected chi connectivity index (χ0v) is 24.7. The first-order valence-corrected chi connectivity index (χ1v) is 13.7. The molecule has 1 fully saturated rings. The topological polar surface area (TPSA) is 159 Å². The smallest absolute Gasteiger partial charge is 0.410 e. The summed E-state index contributed by atoms with van der Waals surface area (Å²) in [6, 6.07) is 0. The number of allylic oxidation sites excluding steroid dienone is 8. The van der Waals surface area contributed by atoms with Gasteiger partial charge < -0.3 is 42.0 Å². The predicted molar refractivity (Wildman–Crippen MR) is 160 cm³/mol. The summed E-state index contributed by atoms with van der Waals surface area (Å²) in [6.07, 6.45) is 9.76. The second-order valence-electron chi connectivity index (χ2n) is 11.1. The molecule has 1 aromatic rings. The monoisotopic (exact) mass is 567 g/mol. The molecule has 0 aromatic carbocycles. The van der Waals surface area contributed by atoms with Gasteiger partial charge in [-0.1, -0.05) is 19.9 Å². The fraction of sp³-hybridized carbons (Fsp3) is 0.448. The second kappa shape index (κ2) is 13.3. The molecule has 1 aliphatic carbocycles. The summed E-state index contributed by atoms with van der Waals surface area (Å²) in [5.41, 5.74) is 14.4. The van der Waals surface area contributed by atoms with Crippen molar-refractivity contribution in [1.29, 1.82) is 5.41 Å². The zero-order chi connectivity index (χ0) is 30.3. The van der Waals surface area contributed by atoms with E-state index in [0.29, 0.717) is 48.9 Å². The summed E-state index contributed by atoms with van der Waals surface area (Å²) in [6.45, 7) is 11.9. The van der Waals surface area contributed by atoms with Crippen molar-refractivity contribution in [2.45, 2.75) is 46.6 Å². The van der Waals surface area contributed by atoms with Crippen molar-refractivity contribution in [3.8, 4) is 0 Å². The number of nitrogens with two attached hydrogens (primary N) is 2. The van der Waals surface area contributed by atoms with Crippen LogP contribution in [0.5, 0.6) is 0 Å². The third-order valence-corrected chi connectivity index (χ3v) is 6.38. The van der Waals surface area contributed by atoms with Crippen LogP contribution < -0.4 is 22.1 Å². The Hall–Kier alpha value is -4.35. The van der Waals surface area contributed by atoms with Gasteiger partial charge in [0.1, 0.15) is 17.1 Å². The Bertz CT molecular complexity index is 1310. The SMILES string of the molecule is CN/C(=C1/C=C(c2nc(N/C(N)=C/C=C(\N)N3CCCN(C(=O)OC(C)(C)C)CC3)ncc2F)C=CC1=N)C(C)C. The minimum absolute atomic E-state index is 0.0879. The normalized spacial score (nSPS) is 18.2. The zero-order valence-electron chi connectivity index (χ0n) is 24.7. The van der Waals surface area contributed by atoms with Gasteiger partial charge in [0.05, 0.1) is 17.7 Å². The van der Waals surface area contributed by atoms with Gasteiger partial charge in [0, 0.05) is 50.1 Å². The Balaban J connectivity index is 1.72. The van der Waals surface area contributed by atoms with Crippen molar-refractivity contribution >= 4 is 23.3 Å². The molecule has 1 saturated heterocycles. The maximum absolute atomic E-state index is 14.8. The summed E-state index contributed by atoms with van der Waals surface area (Å²) in [4.78, 5) is 24.5. The largest absolute Gasteiger partial charge is 0.444 e. The minimum Gasteiger partial charge on any atom is -0.444 e. The summed E-state index contributed by atoms with van der Waals surface area (Å²) >= 11 is 0. The van der Waals surface area contributed by atoms with Gasteiger partial charge in [0.15, 0.2) is 5.82 Å². The molecule has 0 bridgehead atoms. The molecule has 2 aliphatic rings. The van der Waals surface area contributed by atoms with Gasteiger partial charge in [-0.3, -0.25) is 0 Å². The third-order valence-electron chi connectivity index (χ3n) is 6.38. The number of nitrogens with zero attached hydrogens (tertiary/aromatic N) is 4. The molecule has 0 spiro atoms. The van der Waals surface area contributed by atoms with E-state index in [9.17, 15) is 9.18 Å². The molecule has 2 heterocycles. The highest BCUT2D eigenvalue weighted by molar-refractivity contribution is 6.13. The van der Waals surface area contributed by atoms with Crippen LogP contribution in [0, 0.1) is 17.1 Å². The van der Waals surface area contributed by atoms with Crippen molar-refractivity contribution in [3.63, 3.8) is 0 Å². The first-order chi connectivity index (χ1) is 19.3. The van der Waals surface area contributed by atoms with Gasteiger partial charge in [-0.2, -0.15) is 0 Å². The van der Waals surface area contributed by atoms with Gasteiger partial charge >= 0.3 is 6.09 Å². The number of carbonyl (C=O) groups excluding carboxylic acids is 1. The summed E-state index contributed by atoms with van der Waals surface area (Å²) in [5, 5.41) is 14.3. The maximum Gasteiger partial charge on any atom is 0.410 e. The summed E-state index contributed by atoms with van der Waals surface area (Å²) in [7, 11) is 1.80. The molecule has 11 nitrogen and oxygen atoms in total. The number of amides is 1. The minimum atomic E-state index is -0.594. The van der Waals surface area contributed by atoms with Gasteiger partial charge in [0.2, 0.25) is 5.95 Å². The van der Waals surface area contributed by atoms with Crippen molar-refractivity contribution in [2.24, 2.45) is 17.4 Å². The fourth-order valence-corrected chi connectivity index (χ4v) is 4.41. The second-order valence-corrected chi connectivity index (χ2v) is 11.1. The first-order valence-electron chi connectivity index (χ1n) is 13.7. The van der Waals surface area contributed by atoms with Crippen LogP contribution >= 0.6 is 0 Å². The fourth-order valence-electron chi connectivity index (χ4n) is 4.41. The average molecular weight is 568 g/mol. The van der Waals surface area contributed by atoms with E-state index in [0.717, 1.165) is 18.3 Å². The lowest BCUT2D eigenvalue weighted by molar-refractivity contribution is 0.0259. The van der Waals surface area contributed by atoms with Crippen LogP contribution in [0.1, 0.15) is 46.7 Å². The van der Waals surface area contributed by atoms with Gasteiger partial charge in [0.25, 0.3) is 0 Å². The van der Waals surface area contributed by atoms with E-state index >= 15 is 0 Å². The number of rotatable bonds is 7. The molecular weight excluding hydrogens is 525 g/mol. The molecule has 1 amide bonds. The van der Waals surface area contributed by atoms with Gasteiger partial charge in [-0.15, -0.1) is 0 Å². The molecule has 0 unspecified atom stereocenters. The van der Waals surface area contributed by atoms with Gasteiger partial charge in [-0.25, -0.2) is 19.2 Å². The molecule has 12 heteroatoms. The van der Waals surface area contributed by atoms with Crippen LogP contribution in [-0.2, 0) is 4.74 Å². The quantitative estimate of drug-likeness (QED) is 0.310. The molecule has 3 rings (SSSR count). The number of carbonyl (C=O) groups is 1. The number of anilines is 1. The van der Waals surface area contributed by atoms with Crippen LogP contribution in [0.4, 0.5) is 15.1 Å². The van der Waals surface area contributed by atoms with Crippen molar-refractivity contribution < 1.29 is 13.9 Å². The van der Waals surface area contributed by atoms with E-state index in [4.69, 9.17) is 21.6 Å². The number of ether oxygens (including phenoxy) is 1. The number of hydrogen-bond donors (Lipinski definition) is 5. The van der Waals surface area contributed by atoms with E-state index in [1.165, 1.54) is 0 Å². The highest BCUT2D eigenvalue weighted by atomic mass is 19.1. The van der Waals surface area contributed by atoms with Crippen molar-refractivity contribution in [1.82, 2.24) is 25.1 Å². The molecule has 0 saturated carbocycles. The predicted octanol–water partition coefficient (Wildman–Crippen LogP) is 3.67. The summed E-state index contributed by atoms with van der Waals surface area (Å²) < 4.78 is 20.3. The number of nitrogens with one attached hydrogen (secondary N) is 3. The maximum atomic E-state index is 14.8. The van der Waals surface area contributed by atoms with E-state index in [1.807, 2.05) is 39.5 Å². The van der Waals surface area contributed by atoms with Crippen LogP contribution in [0.15, 0.2) is 59.5 Å². The van der Waals surface area contributed by atoms with Gasteiger partial charge in [-0.05, 0) is 57.4 Å². The third kappa shape index (κ3) is 8.57. The highest BCUT2D eigenvalue weighted by Crippen LogP contribution is 2.27. The molecule has 1 aromatic heterocycles. The van der Waals surface area contributed by atoms with E-state index < -0.39 is 11.4 Å². The van der Waals surface area contributed by atoms with E-state index in [2.05, 4.69) is 20.6 Å². The Labute approximate surface area is 241 Å². The van der Waals surface area contributed by atoms with Crippen LogP contribution in [0.2, 0.25) is 0 Å².